The topological polar surface area (TPSA) is 204 Å². The molecule has 0 saturated carbocycles. The Morgan fingerprint density at radius 3 is 2.48 bits per heavy atom. The average molecular weight is 849 g/mol. The molecule has 62 heavy (non-hydrogen) atoms. The first-order chi connectivity index (χ1) is 29.8. The molecule has 7 atom stereocenters. The number of H-pyrrole nitrogens is 2. The van der Waals surface area contributed by atoms with Crippen LogP contribution in [-0.4, -0.2) is 104 Å². The van der Waals surface area contributed by atoms with Crippen molar-refractivity contribution in [3.05, 3.63) is 65.9 Å². The molecule has 0 aliphatic carbocycles. The number of imidazole rings is 2. The average Bonchev–Trinajstić information content (AvgIpc) is 4.09. The number of aromatic nitrogens is 4. The van der Waals surface area contributed by atoms with E-state index in [1.807, 2.05) is 51.7 Å². The summed E-state index contributed by atoms with van der Waals surface area (Å²) in [7, 11) is 2.93. The van der Waals surface area contributed by atoms with Gasteiger partial charge in [0, 0.05) is 36.6 Å². The third-order valence-electron chi connectivity index (χ3n) is 13.0. The summed E-state index contributed by atoms with van der Waals surface area (Å²) in [5.41, 5.74) is 6.42. The third kappa shape index (κ3) is 7.91. The highest BCUT2D eigenvalue weighted by molar-refractivity contribution is 6.07. The van der Waals surface area contributed by atoms with Crippen molar-refractivity contribution < 1.29 is 38.5 Å². The number of hydrogen-bond donors (Lipinski definition) is 5. The first-order valence-corrected chi connectivity index (χ1v) is 21.5. The van der Waals surface area contributed by atoms with Gasteiger partial charge in [-0.05, 0) is 84.4 Å². The van der Waals surface area contributed by atoms with E-state index in [0.29, 0.717) is 44.2 Å². The molecule has 0 radical (unpaired) electrons. The highest BCUT2D eigenvalue weighted by atomic mass is 16.5. The number of benzene rings is 3. The zero-order chi connectivity index (χ0) is 44.0. The first kappa shape index (κ1) is 42.5. The summed E-state index contributed by atoms with van der Waals surface area (Å²) < 4.78 is 16.7. The maximum absolute atomic E-state index is 14.0. The lowest BCUT2D eigenvalue weighted by molar-refractivity contribution is -0.137. The van der Waals surface area contributed by atoms with Crippen LogP contribution in [0, 0.1) is 17.8 Å². The van der Waals surface area contributed by atoms with Gasteiger partial charge in [0.2, 0.25) is 11.8 Å². The van der Waals surface area contributed by atoms with E-state index in [2.05, 4.69) is 50.9 Å². The summed E-state index contributed by atoms with van der Waals surface area (Å²) in [5, 5.41) is 16.7. The number of ether oxygens (including phenoxy) is 3. The van der Waals surface area contributed by atoms with Crippen molar-refractivity contribution in [2.75, 3.05) is 27.4 Å². The van der Waals surface area contributed by atoms with Crippen LogP contribution < -0.4 is 15.4 Å². The molecule has 2 fully saturated rings. The lowest BCUT2D eigenvalue weighted by Crippen LogP contribution is -2.52. The Labute approximate surface area is 360 Å². The number of nitrogens with one attached hydrogen (secondary N) is 4. The van der Waals surface area contributed by atoms with Crippen LogP contribution in [0.5, 0.6) is 5.75 Å². The van der Waals surface area contributed by atoms with E-state index in [-0.39, 0.29) is 47.7 Å². The minimum absolute atomic E-state index is 0.0336. The van der Waals surface area contributed by atoms with Crippen LogP contribution in [0.1, 0.15) is 89.6 Å². The second-order valence-corrected chi connectivity index (χ2v) is 17.4. The van der Waals surface area contributed by atoms with Crippen LogP contribution in [0.2, 0.25) is 0 Å². The van der Waals surface area contributed by atoms with E-state index in [0.717, 1.165) is 68.3 Å². The fourth-order valence-corrected chi connectivity index (χ4v) is 9.54. The van der Waals surface area contributed by atoms with Crippen molar-refractivity contribution in [1.82, 2.24) is 40.4 Å². The summed E-state index contributed by atoms with van der Waals surface area (Å²) in [6, 6.07) is 12.3. The molecular weight excluding hydrogens is 793 g/mol. The number of carbonyl (C=O) groups is 4. The number of nitrogens with zero attached hydrogens (tertiary/aromatic N) is 4. The highest BCUT2D eigenvalue weighted by Gasteiger charge is 2.43. The summed E-state index contributed by atoms with van der Waals surface area (Å²) in [6.45, 7) is 10.9. The molecule has 5 N–H and O–H groups in total. The Morgan fingerprint density at radius 2 is 1.76 bits per heavy atom. The maximum Gasteiger partial charge on any atom is 0.407 e. The Bertz CT molecular complexity index is 2510. The van der Waals surface area contributed by atoms with Gasteiger partial charge in [-0.15, -0.1) is 0 Å². The van der Waals surface area contributed by atoms with Crippen molar-refractivity contribution in [1.29, 1.82) is 0 Å². The van der Waals surface area contributed by atoms with E-state index in [1.165, 1.54) is 7.11 Å². The van der Waals surface area contributed by atoms with Crippen LogP contribution in [0.4, 0.5) is 9.59 Å². The molecule has 0 bridgehead atoms. The summed E-state index contributed by atoms with van der Waals surface area (Å²) >= 11 is 0. The van der Waals surface area contributed by atoms with Crippen molar-refractivity contribution >= 4 is 45.8 Å². The van der Waals surface area contributed by atoms with Crippen LogP contribution >= 0.6 is 0 Å². The second-order valence-electron chi connectivity index (χ2n) is 17.4. The van der Waals surface area contributed by atoms with Gasteiger partial charge in [0.1, 0.15) is 36.1 Å². The fourth-order valence-electron chi connectivity index (χ4n) is 9.54. The first-order valence-electron chi connectivity index (χ1n) is 21.5. The number of carboxylic acid groups (broad SMARTS) is 1. The van der Waals surface area contributed by atoms with Crippen molar-refractivity contribution in [3.63, 3.8) is 0 Å². The molecule has 8 rings (SSSR count). The van der Waals surface area contributed by atoms with Gasteiger partial charge in [-0.2, -0.15) is 0 Å². The molecule has 4 amide bonds. The molecule has 0 unspecified atom stereocenters. The quantitative estimate of drug-likeness (QED) is 0.0847. The lowest BCUT2D eigenvalue weighted by Gasteiger charge is -2.32. The highest BCUT2D eigenvalue weighted by Crippen LogP contribution is 2.44. The van der Waals surface area contributed by atoms with Crippen LogP contribution in [-0.2, 0) is 25.7 Å². The third-order valence-corrected chi connectivity index (χ3v) is 13.0. The molecule has 5 heterocycles. The molecule has 2 saturated heterocycles. The number of likely N-dealkylation sites (tertiary alicyclic amines) is 2. The largest absolute Gasteiger partial charge is 0.488 e. The van der Waals surface area contributed by atoms with E-state index < -0.39 is 24.3 Å². The molecule has 3 aromatic carbocycles. The van der Waals surface area contributed by atoms with E-state index >= 15 is 0 Å². The summed E-state index contributed by atoms with van der Waals surface area (Å²) in [4.78, 5) is 72.2. The summed E-state index contributed by atoms with van der Waals surface area (Å²) in [6.07, 6.45) is 2.74. The molecule has 16 heteroatoms. The monoisotopic (exact) mass is 848 g/mol. The Hall–Kier alpha value is -6.16. The van der Waals surface area contributed by atoms with Gasteiger partial charge in [-0.1, -0.05) is 52.3 Å². The number of amides is 4. The maximum atomic E-state index is 14.0. The molecule has 0 spiro atoms. The Morgan fingerprint density at radius 1 is 0.952 bits per heavy atom. The molecule has 3 aliphatic rings. The van der Waals surface area contributed by atoms with Crippen molar-refractivity contribution in [2.45, 2.75) is 97.1 Å². The molecular formula is C46H56N8O8. The van der Waals surface area contributed by atoms with Crippen molar-refractivity contribution in [2.24, 2.45) is 17.8 Å². The predicted octanol–water partition coefficient (Wildman–Crippen LogP) is 7.32. The Balaban J connectivity index is 1.05. The fraction of sp³-hybridized carbons (Fsp3) is 0.478. The molecule has 328 valence electrons. The van der Waals surface area contributed by atoms with Crippen molar-refractivity contribution in [3.8, 4) is 28.1 Å². The standard InChI is InChI=1S/C46H56N8O8/c1-8-24(4)39(51-45(57)58)43(55)53-20-26(21-60-6)15-36(53)41-47-19-34(49-41)28-10-12-30-29(16-28)22-62-37-18-31-27(17-32(30)37)11-13-33-40(31)50-42(48-33)35-14-9-25(5)54(35)44(56)38(23(2)3)52-46(59)61-7/h10-13,16-19,23-26,35-36,38-39,51H,8-9,14-15,20-22H2,1-7H3,(H,47,49)(H,48,50)(H,52,59)(H,57,58)/t24-,25-,26-,35-,36-,38-,39-/m0/s1. The van der Waals surface area contributed by atoms with Gasteiger partial charge in [0.25, 0.3) is 0 Å². The number of alkyl carbamates (subject to hydrolysis) is 1. The lowest BCUT2D eigenvalue weighted by atomic mass is 9.92. The number of rotatable bonds is 12. The smallest absolute Gasteiger partial charge is 0.407 e. The number of aromatic amines is 2. The zero-order valence-electron chi connectivity index (χ0n) is 36.3. The molecule has 16 nitrogen and oxygen atoms in total. The van der Waals surface area contributed by atoms with Gasteiger partial charge in [0.15, 0.2) is 0 Å². The van der Waals surface area contributed by atoms with Gasteiger partial charge in [0.05, 0.1) is 48.7 Å². The van der Waals surface area contributed by atoms with E-state index in [9.17, 15) is 24.3 Å². The number of methoxy groups -OCH3 is 2. The van der Waals surface area contributed by atoms with Crippen LogP contribution in [0.3, 0.4) is 0 Å². The number of hydrogen-bond acceptors (Lipinski definition) is 9. The van der Waals surface area contributed by atoms with Crippen LogP contribution in [0.15, 0.2) is 48.7 Å². The minimum atomic E-state index is -1.23. The number of fused-ring (bicyclic) bond motifs is 6. The van der Waals surface area contributed by atoms with Gasteiger partial charge in [-0.3, -0.25) is 9.59 Å². The molecule has 3 aliphatic heterocycles. The molecule has 2 aromatic heterocycles. The zero-order valence-corrected chi connectivity index (χ0v) is 36.3. The second kappa shape index (κ2) is 17.3. The molecule has 5 aromatic rings. The van der Waals surface area contributed by atoms with Crippen LogP contribution in [0.25, 0.3) is 44.2 Å². The number of carbonyl (C=O) groups excluding carboxylic acids is 3. The normalized spacial score (nSPS) is 21.0. The van der Waals surface area contributed by atoms with Gasteiger partial charge in [-0.25, -0.2) is 19.6 Å². The van der Waals surface area contributed by atoms with Gasteiger partial charge < -0.3 is 49.7 Å². The van der Waals surface area contributed by atoms with Gasteiger partial charge >= 0.3 is 12.2 Å². The predicted molar refractivity (Wildman–Crippen MR) is 232 cm³/mol. The summed E-state index contributed by atoms with van der Waals surface area (Å²) in [5.74, 6) is 1.42. The minimum Gasteiger partial charge on any atom is -0.488 e. The van der Waals surface area contributed by atoms with E-state index in [4.69, 9.17) is 24.2 Å². The SMILES string of the molecule is CC[C@H](C)[C@H](NC(=O)O)C(=O)N1C[C@@H](COC)C[C@H]1c1ncc(-c2ccc3c(c2)COc2cc4c(ccc5[nH]c([C@@H]6CC[C@H](C)N6C(=O)[C@@H](NC(=O)OC)C(C)C)nc54)cc2-3)[nH]1. The van der Waals surface area contributed by atoms with E-state index in [1.54, 1.807) is 18.2 Å². The Kier molecular flexibility index (Phi) is 11.9.